The molecule has 5 aromatic rings. The molecule has 4 heteroatoms. The minimum absolute atomic E-state index is 0.0552. The van der Waals surface area contributed by atoms with E-state index in [0.717, 1.165) is 17.9 Å². The van der Waals surface area contributed by atoms with Crippen molar-refractivity contribution < 1.29 is 0 Å². The van der Waals surface area contributed by atoms with E-state index in [2.05, 4.69) is 169 Å². The third-order valence-electron chi connectivity index (χ3n) is 15.9. The molecule has 0 amide bonds. The normalized spacial score (nSPS) is 30.7. The van der Waals surface area contributed by atoms with Gasteiger partial charge in [0.1, 0.15) is 0 Å². The second-order valence-electron chi connectivity index (χ2n) is 19.3. The van der Waals surface area contributed by atoms with Crippen molar-refractivity contribution >= 4 is 17.1 Å². The van der Waals surface area contributed by atoms with Gasteiger partial charge in [0.2, 0.25) is 0 Å². The molecule has 4 saturated heterocycles. The van der Waals surface area contributed by atoms with Gasteiger partial charge in [0, 0.05) is 52.7 Å². The van der Waals surface area contributed by atoms with E-state index < -0.39 is 0 Å². The molecule has 1 saturated carbocycles. The fraction of sp³-hybridized carbons (Fsp3) is 0.423. The first-order valence-corrected chi connectivity index (χ1v) is 21.8. The maximum atomic E-state index is 4.09. The number of nitrogens with zero attached hydrogens (tertiary/aromatic N) is 2. The summed E-state index contributed by atoms with van der Waals surface area (Å²) < 4.78 is 0. The van der Waals surface area contributed by atoms with E-state index in [9.17, 15) is 0 Å². The molecular weight excluding hydrogens is 681 g/mol. The van der Waals surface area contributed by atoms with Crippen LogP contribution in [0.4, 0.5) is 17.1 Å². The molecule has 8 atom stereocenters. The standard InChI is InChI=1S/C52H58N4/c1-51(2)44-14-9-8-13-40(44)41-26-25-39(32-45(41)51)55(37-21-16-34(17-22-37)33-11-6-5-7-12-33)38-23-18-35(19-24-38)36-20-27-46-43(31-36)42-28-30-54-50-48(42)56(46)47-15-10-29-53-49(47)52(50,3)4/h5-9,11-14,16-19,21-26,32,36,42-43,46-50,53-54H,10,15,20,27-31H2,1-4H3. The van der Waals surface area contributed by atoms with E-state index in [4.69, 9.17) is 0 Å². The highest BCUT2D eigenvalue weighted by Gasteiger charge is 2.64. The summed E-state index contributed by atoms with van der Waals surface area (Å²) in [6.45, 7) is 12.3. The van der Waals surface area contributed by atoms with Gasteiger partial charge in [-0.05, 0) is 150 Å². The van der Waals surface area contributed by atoms with Crippen LogP contribution in [0.5, 0.6) is 0 Å². The molecule has 5 aromatic carbocycles. The van der Waals surface area contributed by atoms with Crippen molar-refractivity contribution in [2.24, 2.45) is 17.3 Å². The van der Waals surface area contributed by atoms with Gasteiger partial charge in [-0.1, -0.05) is 113 Å². The third-order valence-corrected chi connectivity index (χ3v) is 15.9. The van der Waals surface area contributed by atoms with Crippen molar-refractivity contribution in [3.63, 3.8) is 0 Å². The fourth-order valence-corrected chi connectivity index (χ4v) is 13.3. The molecule has 286 valence electrons. The van der Waals surface area contributed by atoms with Crippen LogP contribution in [-0.4, -0.2) is 48.2 Å². The highest BCUT2D eigenvalue weighted by atomic mass is 15.3. The van der Waals surface area contributed by atoms with Crippen molar-refractivity contribution in [1.82, 2.24) is 15.5 Å². The van der Waals surface area contributed by atoms with E-state index >= 15 is 0 Å². The van der Waals surface area contributed by atoms with Crippen LogP contribution in [0.1, 0.15) is 88.8 Å². The molecule has 56 heavy (non-hydrogen) atoms. The van der Waals surface area contributed by atoms with Gasteiger partial charge in [0.05, 0.1) is 0 Å². The van der Waals surface area contributed by atoms with Crippen molar-refractivity contribution in [2.75, 3.05) is 18.0 Å². The Morgan fingerprint density at radius 2 is 1.25 bits per heavy atom. The first-order valence-electron chi connectivity index (χ1n) is 21.8. The molecule has 2 N–H and O–H groups in total. The van der Waals surface area contributed by atoms with E-state index in [0.29, 0.717) is 30.1 Å². The largest absolute Gasteiger partial charge is 0.312 e. The van der Waals surface area contributed by atoms with Gasteiger partial charge < -0.3 is 15.5 Å². The van der Waals surface area contributed by atoms with Gasteiger partial charge in [0.25, 0.3) is 0 Å². The number of hydrogen-bond donors (Lipinski definition) is 2. The Morgan fingerprint density at radius 1 is 0.571 bits per heavy atom. The second-order valence-corrected chi connectivity index (χ2v) is 19.3. The van der Waals surface area contributed by atoms with Crippen molar-refractivity contribution in [2.45, 2.75) is 108 Å². The summed E-state index contributed by atoms with van der Waals surface area (Å²) in [5, 5.41) is 8.13. The zero-order valence-corrected chi connectivity index (χ0v) is 33.7. The first-order chi connectivity index (χ1) is 27.3. The Morgan fingerprint density at radius 3 is 2.05 bits per heavy atom. The zero-order valence-electron chi connectivity index (χ0n) is 33.7. The Balaban J connectivity index is 0.916. The lowest BCUT2D eigenvalue weighted by molar-refractivity contribution is -0.0753. The zero-order chi connectivity index (χ0) is 37.8. The van der Waals surface area contributed by atoms with Crippen LogP contribution in [0.25, 0.3) is 22.3 Å². The van der Waals surface area contributed by atoms with Crippen molar-refractivity contribution in [1.29, 1.82) is 0 Å². The van der Waals surface area contributed by atoms with E-state index in [1.54, 1.807) is 0 Å². The van der Waals surface area contributed by atoms with Gasteiger partial charge in [0.15, 0.2) is 0 Å². The van der Waals surface area contributed by atoms with Crippen LogP contribution >= 0.6 is 0 Å². The average Bonchev–Trinajstić information content (AvgIpc) is 3.69. The Bertz CT molecular complexity index is 2240. The van der Waals surface area contributed by atoms with E-state index in [1.165, 1.54) is 108 Å². The summed E-state index contributed by atoms with van der Waals surface area (Å²) in [5.74, 6) is 2.25. The highest BCUT2D eigenvalue weighted by molar-refractivity contribution is 5.86. The minimum atomic E-state index is -0.0552. The summed E-state index contributed by atoms with van der Waals surface area (Å²) in [7, 11) is 0. The smallest absolute Gasteiger partial charge is 0.0465 e. The quantitative estimate of drug-likeness (QED) is 0.188. The monoisotopic (exact) mass is 738 g/mol. The molecule has 0 spiro atoms. The van der Waals surface area contributed by atoms with Crippen LogP contribution in [0.15, 0.2) is 121 Å². The number of fused-ring (bicyclic) bond motifs is 8. The number of benzene rings is 5. The van der Waals surface area contributed by atoms with Gasteiger partial charge in [-0.2, -0.15) is 0 Å². The van der Waals surface area contributed by atoms with Crippen LogP contribution in [0.3, 0.4) is 0 Å². The summed E-state index contributed by atoms with van der Waals surface area (Å²) in [4.78, 5) is 5.60. The molecule has 4 aliphatic heterocycles. The van der Waals surface area contributed by atoms with E-state index in [1.807, 2.05) is 0 Å². The molecule has 4 nitrogen and oxygen atoms in total. The Kier molecular flexibility index (Phi) is 8.22. The maximum Gasteiger partial charge on any atom is 0.0465 e. The molecule has 8 unspecified atom stereocenters. The molecule has 4 heterocycles. The molecule has 6 aliphatic rings. The molecule has 0 aromatic heterocycles. The highest BCUT2D eigenvalue weighted by Crippen LogP contribution is 2.58. The summed E-state index contributed by atoms with van der Waals surface area (Å²) in [6, 6.07) is 49.2. The fourth-order valence-electron chi connectivity index (χ4n) is 13.3. The van der Waals surface area contributed by atoms with Gasteiger partial charge in [-0.3, -0.25) is 4.90 Å². The number of rotatable bonds is 5. The van der Waals surface area contributed by atoms with Gasteiger partial charge in [-0.15, -0.1) is 0 Å². The summed E-state index contributed by atoms with van der Waals surface area (Å²) in [5.41, 5.74) is 13.4. The summed E-state index contributed by atoms with van der Waals surface area (Å²) in [6.07, 6.45) is 8.00. The summed E-state index contributed by atoms with van der Waals surface area (Å²) >= 11 is 0. The lowest BCUT2D eigenvalue weighted by Crippen LogP contribution is -2.76. The van der Waals surface area contributed by atoms with Crippen LogP contribution < -0.4 is 15.5 Å². The lowest BCUT2D eigenvalue weighted by Gasteiger charge is -2.61. The Hall–Kier alpha value is -4.22. The molecular formula is C52H58N4. The topological polar surface area (TPSA) is 30.5 Å². The average molecular weight is 739 g/mol. The molecule has 0 bridgehead atoms. The van der Waals surface area contributed by atoms with Crippen molar-refractivity contribution in [3.8, 4) is 22.3 Å². The Labute approximate surface area is 334 Å². The van der Waals surface area contributed by atoms with Crippen molar-refractivity contribution in [3.05, 3.63) is 138 Å². The number of hydrogen-bond acceptors (Lipinski definition) is 4. The van der Waals surface area contributed by atoms with Gasteiger partial charge in [-0.25, -0.2) is 0 Å². The molecule has 2 aliphatic carbocycles. The maximum absolute atomic E-state index is 4.09. The van der Waals surface area contributed by atoms with Crippen LogP contribution in [0, 0.1) is 17.3 Å². The third kappa shape index (κ3) is 5.28. The second kappa shape index (κ2) is 13.2. The predicted octanol–water partition coefficient (Wildman–Crippen LogP) is 11.2. The van der Waals surface area contributed by atoms with Crippen LogP contribution in [-0.2, 0) is 5.41 Å². The first kappa shape index (κ1) is 35.0. The molecule has 5 fully saturated rings. The van der Waals surface area contributed by atoms with Crippen LogP contribution in [0.2, 0.25) is 0 Å². The van der Waals surface area contributed by atoms with Gasteiger partial charge >= 0.3 is 0 Å². The number of nitrogens with one attached hydrogen (secondary N) is 2. The predicted molar refractivity (Wildman–Crippen MR) is 232 cm³/mol. The SMILES string of the molecule is CC1(C)c2ccccc2-c2ccc(N(c3ccc(-c4ccccc4)cc3)c3ccc(C4CCC5C(C4)C4CCNC6C4N5C4CCCNC4C6(C)C)cc3)cc21. The number of anilines is 3. The molecule has 0 radical (unpaired) electrons. The lowest BCUT2D eigenvalue weighted by atomic mass is 9.62. The minimum Gasteiger partial charge on any atom is -0.312 e. The van der Waals surface area contributed by atoms with E-state index in [-0.39, 0.29) is 10.8 Å². The molecule has 11 rings (SSSR count). The number of piperidine rings is 3.